The summed E-state index contributed by atoms with van der Waals surface area (Å²) in [4.78, 5) is 13.2. The maximum atomic E-state index is 13.6. The number of halogens is 3. The third kappa shape index (κ3) is 2.58. The molecular weight excluding hydrogens is 357 g/mol. The van der Waals surface area contributed by atoms with Crippen molar-refractivity contribution < 1.29 is 9.18 Å². The second-order valence-corrected chi connectivity index (χ2v) is 6.38. The predicted molar refractivity (Wildman–Crippen MR) is 85.7 cm³/mol. The second kappa shape index (κ2) is 5.43. The van der Waals surface area contributed by atoms with Gasteiger partial charge in [-0.1, -0.05) is 45.7 Å². The Kier molecular flexibility index (Phi) is 3.76. The van der Waals surface area contributed by atoms with Gasteiger partial charge in [0.1, 0.15) is 5.82 Å². The zero-order chi connectivity index (χ0) is 15.1. The number of carbonyl (C=O) groups excluding carboxylic acids is 1. The van der Waals surface area contributed by atoms with Gasteiger partial charge in [0, 0.05) is 12.7 Å². The molecule has 1 atom stereocenters. The summed E-state index contributed by atoms with van der Waals surface area (Å²) in [6.45, 7) is 0. The largest absolute Gasteiger partial charge is 0.315 e. The summed E-state index contributed by atoms with van der Waals surface area (Å²) >= 11 is 9.29. The standard InChI is InChI=1S/C16H12BrClFNO/c1-20-14-5-3-9(6-11(14)8-15(20)21)16(17)10-2-4-12(18)13(19)7-10/h2-7,16H,8H2,1H3. The molecule has 1 amide bonds. The highest BCUT2D eigenvalue weighted by Gasteiger charge is 2.25. The molecule has 0 radical (unpaired) electrons. The predicted octanol–water partition coefficient (Wildman–Crippen LogP) is 4.48. The fourth-order valence-corrected chi connectivity index (χ4v) is 3.20. The lowest BCUT2D eigenvalue weighted by molar-refractivity contribution is -0.117. The van der Waals surface area contributed by atoms with Gasteiger partial charge >= 0.3 is 0 Å². The minimum absolute atomic E-state index is 0.0887. The highest BCUT2D eigenvalue weighted by atomic mass is 79.9. The molecule has 1 unspecified atom stereocenters. The van der Waals surface area contributed by atoms with E-state index in [9.17, 15) is 9.18 Å². The molecule has 0 aliphatic carbocycles. The highest BCUT2D eigenvalue weighted by Crippen LogP contribution is 2.36. The molecular formula is C16H12BrClFNO. The Morgan fingerprint density at radius 3 is 2.62 bits per heavy atom. The van der Waals surface area contributed by atoms with Crippen molar-refractivity contribution in [1.29, 1.82) is 0 Å². The number of rotatable bonds is 2. The number of fused-ring (bicyclic) bond motifs is 1. The van der Waals surface area contributed by atoms with Crippen LogP contribution in [0.2, 0.25) is 5.02 Å². The van der Waals surface area contributed by atoms with Crippen LogP contribution in [0, 0.1) is 5.82 Å². The number of benzene rings is 2. The van der Waals surface area contributed by atoms with E-state index in [1.165, 1.54) is 6.07 Å². The number of hydrogen-bond donors (Lipinski definition) is 0. The van der Waals surface area contributed by atoms with Gasteiger partial charge in [-0.05, 0) is 34.9 Å². The first-order valence-electron chi connectivity index (χ1n) is 6.46. The Hall–Kier alpha value is -1.39. The van der Waals surface area contributed by atoms with Gasteiger partial charge < -0.3 is 4.90 Å². The average molecular weight is 369 g/mol. The molecule has 0 saturated carbocycles. The van der Waals surface area contributed by atoms with E-state index >= 15 is 0 Å². The second-order valence-electron chi connectivity index (χ2n) is 5.05. The number of anilines is 1. The Balaban J connectivity index is 1.96. The molecule has 1 aliphatic rings. The first-order valence-corrected chi connectivity index (χ1v) is 7.75. The number of alkyl halides is 1. The van der Waals surface area contributed by atoms with Crippen molar-refractivity contribution in [2.75, 3.05) is 11.9 Å². The lowest BCUT2D eigenvalue weighted by Crippen LogP contribution is -2.20. The minimum atomic E-state index is -0.435. The molecule has 1 aliphatic heterocycles. The maximum Gasteiger partial charge on any atom is 0.231 e. The van der Waals surface area contributed by atoms with E-state index in [0.29, 0.717) is 6.42 Å². The SMILES string of the molecule is CN1C(=O)Cc2cc(C(Br)c3ccc(Cl)c(F)c3)ccc21. The van der Waals surface area contributed by atoms with Crippen LogP contribution in [-0.2, 0) is 11.2 Å². The van der Waals surface area contributed by atoms with Crippen LogP contribution < -0.4 is 4.90 Å². The van der Waals surface area contributed by atoms with Crippen molar-refractivity contribution in [2.24, 2.45) is 0 Å². The molecule has 2 nitrogen and oxygen atoms in total. The zero-order valence-electron chi connectivity index (χ0n) is 11.2. The molecule has 0 fully saturated rings. The first-order chi connectivity index (χ1) is 9.97. The van der Waals surface area contributed by atoms with Crippen LogP contribution >= 0.6 is 27.5 Å². The van der Waals surface area contributed by atoms with E-state index in [-0.39, 0.29) is 15.8 Å². The maximum absolute atomic E-state index is 13.6. The van der Waals surface area contributed by atoms with Crippen LogP contribution in [0.5, 0.6) is 0 Å². The lowest BCUT2D eigenvalue weighted by atomic mass is 10.0. The first kappa shape index (κ1) is 14.5. The molecule has 21 heavy (non-hydrogen) atoms. The highest BCUT2D eigenvalue weighted by molar-refractivity contribution is 9.09. The Morgan fingerprint density at radius 2 is 1.90 bits per heavy atom. The normalized spacial score (nSPS) is 15.2. The van der Waals surface area contributed by atoms with Crippen LogP contribution in [0.4, 0.5) is 10.1 Å². The number of carbonyl (C=O) groups is 1. The minimum Gasteiger partial charge on any atom is -0.315 e. The molecule has 0 bridgehead atoms. The third-order valence-corrected chi connectivity index (χ3v) is 5.07. The van der Waals surface area contributed by atoms with Crippen molar-refractivity contribution in [1.82, 2.24) is 0 Å². The Labute approximate surface area is 135 Å². The van der Waals surface area contributed by atoms with Gasteiger partial charge in [-0.15, -0.1) is 0 Å². The van der Waals surface area contributed by atoms with Crippen molar-refractivity contribution in [3.8, 4) is 0 Å². The Morgan fingerprint density at radius 1 is 1.24 bits per heavy atom. The Bertz CT molecular complexity index is 734. The van der Waals surface area contributed by atoms with E-state index in [2.05, 4.69) is 15.9 Å². The van der Waals surface area contributed by atoms with Gasteiger partial charge in [0.15, 0.2) is 0 Å². The molecule has 3 rings (SSSR count). The van der Waals surface area contributed by atoms with Crippen molar-refractivity contribution in [3.05, 3.63) is 63.9 Å². The molecule has 5 heteroatoms. The van der Waals surface area contributed by atoms with Crippen LogP contribution in [0.25, 0.3) is 0 Å². The van der Waals surface area contributed by atoms with Crippen molar-refractivity contribution >= 4 is 39.1 Å². The van der Waals surface area contributed by atoms with Crippen LogP contribution in [0.1, 0.15) is 21.5 Å². The summed E-state index contributed by atoms with van der Waals surface area (Å²) in [7, 11) is 1.77. The summed E-state index contributed by atoms with van der Waals surface area (Å²) in [6.07, 6.45) is 0.411. The topological polar surface area (TPSA) is 20.3 Å². The van der Waals surface area contributed by atoms with Gasteiger partial charge in [0.2, 0.25) is 5.91 Å². The van der Waals surface area contributed by atoms with E-state index in [1.807, 2.05) is 18.2 Å². The smallest absolute Gasteiger partial charge is 0.231 e. The molecule has 0 spiro atoms. The zero-order valence-corrected chi connectivity index (χ0v) is 13.6. The van der Waals surface area contributed by atoms with Gasteiger partial charge in [0.05, 0.1) is 16.3 Å². The molecule has 0 N–H and O–H groups in total. The van der Waals surface area contributed by atoms with Gasteiger partial charge in [0.25, 0.3) is 0 Å². The van der Waals surface area contributed by atoms with Crippen LogP contribution in [0.3, 0.4) is 0 Å². The third-order valence-electron chi connectivity index (χ3n) is 3.71. The van der Waals surface area contributed by atoms with Crippen molar-refractivity contribution in [2.45, 2.75) is 11.2 Å². The van der Waals surface area contributed by atoms with Crippen LogP contribution in [-0.4, -0.2) is 13.0 Å². The fourth-order valence-electron chi connectivity index (χ4n) is 2.51. The van der Waals surface area contributed by atoms with E-state index < -0.39 is 5.82 Å². The van der Waals surface area contributed by atoms with Gasteiger partial charge in [-0.25, -0.2) is 4.39 Å². The molecule has 2 aromatic rings. The summed E-state index contributed by atoms with van der Waals surface area (Å²) < 4.78 is 13.6. The number of nitrogens with zero attached hydrogens (tertiary/aromatic N) is 1. The van der Waals surface area contributed by atoms with Crippen molar-refractivity contribution in [3.63, 3.8) is 0 Å². The lowest BCUT2D eigenvalue weighted by Gasteiger charge is -2.14. The number of hydrogen-bond acceptors (Lipinski definition) is 1. The number of amides is 1. The van der Waals surface area contributed by atoms with Gasteiger partial charge in [-0.2, -0.15) is 0 Å². The summed E-state index contributed by atoms with van der Waals surface area (Å²) in [5.74, 6) is -0.347. The summed E-state index contributed by atoms with van der Waals surface area (Å²) in [6, 6.07) is 10.6. The van der Waals surface area contributed by atoms with E-state index in [4.69, 9.17) is 11.6 Å². The van der Waals surface area contributed by atoms with Crippen LogP contribution in [0.15, 0.2) is 36.4 Å². The molecule has 108 valence electrons. The summed E-state index contributed by atoms with van der Waals surface area (Å²) in [5, 5.41) is 0.111. The number of likely N-dealkylation sites (N-methyl/N-ethyl adjacent to an activating group) is 1. The van der Waals surface area contributed by atoms with E-state index in [0.717, 1.165) is 22.4 Å². The molecule has 0 aromatic heterocycles. The average Bonchev–Trinajstić information content (AvgIpc) is 2.76. The molecule has 1 heterocycles. The molecule has 2 aromatic carbocycles. The van der Waals surface area contributed by atoms with Gasteiger partial charge in [-0.3, -0.25) is 4.79 Å². The van der Waals surface area contributed by atoms with E-state index in [1.54, 1.807) is 24.1 Å². The quantitative estimate of drug-likeness (QED) is 0.716. The monoisotopic (exact) mass is 367 g/mol. The fraction of sp³-hybridized carbons (Fsp3) is 0.188. The molecule has 0 saturated heterocycles. The summed E-state index contributed by atoms with van der Waals surface area (Å²) in [5.41, 5.74) is 3.71.